The van der Waals surface area contributed by atoms with Crippen molar-refractivity contribution in [2.45, 2.75) is 0 Å². The van der Waals surface area contributed by atoms with E-state index in [0.29, 0.717) is 33.6 Å². The smallest absolute Gasteiger partial charge is 0.206 e. The maximum absolute atomic E-state index is 12.9. The molecule has 0 N–H and O–H groups in total. The van der Waals surface area contributed by atoms with Gasteiger partial charge >= 0.3 is 0 Å². The van der Waals surface area contributed by atoms with Gasteiger partial charge in [0.2, 0.25) is 5.75 Å². The molecule has 6 heteroatoms. The molecule has 3 aromatic heterocycles. The summed E-state index contributed by atoms with van der Waals surface area (Å²) in [6.45, 7) is 0. The van der Waals surface area contributed by atoms with Crippen LogP contribution in [0.2, 0.25) is 0 Å². The maximum atomic E-state index is 12.9. The van der Waals surface area contributed by atoms with E-state index in [1.807, 2.05) is 36.4 Å². The standard InChI is InChI=1S/C24H17NO5/c1-27-21-17-11-12-29-22(17)24(28-2)23-20(21)19(26)13-16(30-23)10-9-15-8-7-14-5-3-4-6-18(14)25-15/h3-13H,1-2H3/b10-9-. The van der Waals surface area contributed by atoms with E-state index < -0.39 is 0 Å². The monoisotopic (exact) mass is 399 g/mol. The minimum absolute atomic E-state index is 0.236. The van der Waals surface area contributed by atoms with Gasteiger partial charge in [-0.2, -0.15) is 0 Å². The Morgan fingerprint density at radius 2 is 1.77 bits per heavy atom. The molecular formula is C24H17NO5. The quantitative estimate of drug-likeness (QED) is 0.410. The van der Waals surface area contributed by atoms with Gasteiger partial charge in [0.15, 0.2) is 16.6 Å². The summed E-state index contributed by atoms with van der Waals surface area (Å²) in [5.41, 5.74) is 2.15. The van der Waals surface area contributed by atoms with Gasteiger partial charge in [-0.1, -0.05) is 24.3 Å². The summed E-state index contributed by atoms with van der Waals surface area (Å²) in [4.78, 5) is 17.5. The van der Waals surface area contributed by atoms with E-state index in [-0.39, 0.29) is 11.0 Å². The molecule has 148 valence electrons. The van der Waals surface area contributed by atoms with Crippen molar-refractivity contribution in [3.63, 3.8) is 0 Å². The first-order valence-electron chi connectivity index (χ1n) is 9.32. The summed E-state index contributed by atoms with van der Waals surface area (Å²) in [6, 6.07) is 14.9. The van der Waals surface area contributed by atoms with Crippen molar-refractivity contribution in [3.8, 4) is 11.5 Å². The molecule has 0 spiro atoms. The summed E-state index contributed by atoms with van der Waals surface area (Å²) in [5, 5.41) is 2.02. The Kier molecular flexibility index (Phi) is 4.25. The molecule has 30 heavy (non-hydrogen) atoms. The van der Waals surface area contributed by atoms with E-state index in [4.69, 9.17) is 18.3 Å². The molecule has 0 unspecified atom stereocenters. The number of pyridine rings is 1. The minimum Gasteiger partial charge on any atom is -0.495 e. The van der Waals surface area contributed by atoms with E-state index >= 15 is 0 Å². The van der Waals surface area contributed by atoms with E-state index in [9.17, 15) is 4.79 Å². The lowest BCUT2D eigenvalue weighted by Gasteiger charge is -2.10. The highest BCUT2D eigenvalue weighted by Crippen LogP contribution is 2.42. The zero-order valence-electron chi connectivity index (χ0n) is 16.3. The van der Waals surface area contributed by atoms with Crippen LogP contribution in [0.1, 0.15) is 11.5 Å². The van der Waals surface area contributed by atoms with Crippen LogP contribution in [-0.4, -0.2) is 19.2 Å². The normalized spacial score (nSPS) is 11.7. The van der Waals surface area contributed by atoms with Gasteiger partial charge in [-0.3, -0.25) is 4.79 Å². The lowest BCUT2D eigenvalue weighted by atomic mass is 10.1. The maximum Gasteiger partial charge on any atom is 0.206 e. The zero-order chi connectivity index (χ0) is 20.7. The summed E-state index contributed by atoms with van der Waals surface area (Å²) in [5.74, 6) is 1.12. The van der Waals surface area contributed by atoms with E-state index in [1.165, 1.54) is 26.5 Å². The molecule has 0 fully saturated rings. The molecule has 0 aliphatic carbocycles. The zero-order valence-corrected chi connectivity index (χ0v) is 16.3. The van der Waals surface area contributed by atoms with Crippen molar-refractivity contribution in [2.24, 2.45) is 0 Å². The predicted molar refractivity (Wildman–Crippen MR) is 116 cm³/mol. The number of aromatic nitrogens is 1. The molecule has 5 aromatic rings. The molecule has 2 aromatic carbocycles. The van der Waals surface area contributed by atoms with Gasteiger partial charge in [-0.15, -0.1) is 0 Å². The van der Waals surface area contributed by atoms with Gasteiger partial charge < -0.3 is 18.3 Å². The number of methoxy groups -OCH3 is 2. The fraction of sp³-hybridized carbons (Fsp3) is 0.0833. The molecule has 0 saturated heterocycles. The van der Waals surface area contributed by atoms with Crippen molar-refractivity contribution in [1.82, 2.24) is 4.98 Å². The minimum atomic E-state index is -0.236. The lowest BCUT2D eigenvalue weighted by molar-refractivity contribution is 0.400. The highest BCUT2D eigenvalue weighted by atomic mass is 16.5. The Hall–Kier alpha value is -4.06. The van der Waals surface area contributed by atoms with Gasteiger partial charge in [0, 0.05) is 11.5 Å². The van der Waals surface area contributed by atoms with Crippen molar-refractivity contribution >= 4 is 45.0 Å². The van der Waals surface area contributed by atoms with Gasteiger partial charge in [0.05, 0.1) is 37.1 Å². The number of benzene rings is 2. The first-order valence-corrected chi connectivity index (χ1v) is 9.32. The second-order valence-electron chi connectivity index (χ2n) is 6.71. The van der Waals surface area contributed by atoms with Gasteiger partial charge in [0.1, 0.15) is 16.9 Å². The number of hydrogen-bond acceptors (Lipinski definition) is 6. The first-order chi connectivity index (χ1) is 14.7. The molecule has 0 atom stereocenters. The average Bonchev–Trinajstić information content (AvgIpc) is 3.25. The molecule has 3 heterocycles. The van der Waals surface area contributed by atoms with Crippen LogP contribution in [0, 0.1) is 0 Å². The van der Waals surface area contributed by atoms with Crippen molar-refractivity contribution in [1.29, 1.82) is 0 Å². The average molecular weight is 399 g/mol. The van der Waals surface area contributed by atoms with Crippen molar-refractivity contribution in [3.05, 3.63) is 76.5 Å². The largest absolute Gasteiger partial charge is 0.495 e. The van der Waals surface area contributed by atoms with Crippen LogP contribution in [-0.2, 0) is 0 Å². The third-order valence-corrected chi connectivity index (χ3v) is 4.96. The molecule has 6 nitrogen and oxygen atoms in total. The summed E-state index contributed by atoms with van der Waals surface area (Å²) in [7, 11) is 3.01. The Balaban J connectivity index is 1.67. The summed E-state index contributed by atoms with van der Waals surface area (Å²) in [6.07, 6.45) is 5.02. The topological polar surface area (TPSA) is 74.7 Å². The van der Waals surface area contributed by atoms with Gasteiger partial charge in [-0.25, -0.2) is 4.98 Å². The van der Waals surface area contributed by atoms with Crippen LogP contribution in [0.3, 0.4) is 0 Å². The van der Waals surface area contributed by atoms with Crippen molar-refractivity contribution < 1.29 is 18.3 Å². The van der Waals surface area contributed by atoms with Crippen LogP contribution in [0.4, 0.5) is 0 Å². The van der Waals surface area contributed by atoms with Gasteiger partial charge in [-0.05, 0) is 30.4 Å². The number of para-hydroxylation sites is 1. The number of fused-ring (bicyclic) bond motifs is 3. The first kappa shape index (κ1) is 18.0. The van der Waals surface area contributed by atoms with Crippen LogP contribution in [0.15, 0.2) is 68.4 Å². The van der Waals surface area contributed by atoms with Gasteiger partial charge in [0.25, 0.3) is 0 Å². The molecule has 0 radical (unpaired) electrons. The highest BCUT2D eigenvalue weighted by molar-refractivity contribution is 6.06. The molecular weight excluding hydrogens is 382 g/mol. The summed E-state index contributed by atoms with van der Waals surface area (Å²) >= 11 is 0. The number of ether oxygens (including phenoxy) is 2. The summed E-state index contributed by atoms with van der Waals surface area (Å²) < 4.78 is 22.5. The second kappa shape index (κ2) is 7.08. The van der Waals surface area contributed by atoms with E-state index in [1.54, 1.807) is 18.2 Å². The molecule has 0 aliphatic rings. The van der Waals surface area contributed by atoms with Crippen molar-refractivity contribution in [2.75, 3.05) is 14.2 Å². The Bertz CT molecular complexity index is 1490. The Morgan fingerprint density at radius 1 is 0.933 bits per heavy atom. The SMILES string of the molecule is COc1c2occc2c(OC)c2c(=O)cc(/C=C\c3ccc4ccccc4n3)oc12. The fourth-order valence-electron chi connectivity index (χ4n) is 3.61. The molecule has 5 rings (SSSR count). The number of hydrogen-bond donors (Lipinski definition) is 0. The van der Waals surface area contributed by atoms with Crippen LogP contribution < -0.4 is 14.9 Å². The van der Waals surface area contributed by atoms with Crippen LogP contribution >= 0.6 is 0 Å². The Labute approximate surface area is 171 Å². The number of nitrogens with zero attached hydrogens (tertiary/aromatic N) is 1. The number of furan rings is 1. The molecule has 0 saturated carbocycles. The van der Waals surface area contributed by atoms with E-state index in [0.717, 1.165) is 16.6 Å². The van der Waals surface area contributed by atoms with Crippen LogP contribution in [0.5, 0.6) is 11.5 Å². The number of rotatable bonds is 4. The Morgan fingerprint density at radius 3 is 2.60 bits per heavy atom. The fourth-order valence-corrected chi connectivity index (χ4v) is 3.61. The van der Waals surface area contributed by atoms with Crippen LogP contribution in [0.25, 0.3) is 45.0 Å². The van der Waals surface area contributed by atoms with E-state index in [2.05, 4.69) is 4.98 Å². The third kappa shape index (κ3) is 2.81. The molecule has 0 amide bonds. The third-order valence-electron chi connectivity index (χ3n) is 4.96. The predicted octanol–water partition coefficient (Wildman–Crippen LogP) is 5.28. The molecule has 0 bridgehead atoms. The second-order valence-corrected chi connectivity index (χ2v) is 6.71. The highest BCUT2D eigenvalue weighted by Gasteiger charge is 2.22. The molecule has 0 aliphatic heterocycles. The lowest BCUT2D eigenvalue weighted by Crippen LogP contribution is -2.04.